The summed E-state index contributed by atoms with van der Waals surface area (Å²) in [6.07, 6.45) is 21.0. The molecule has 0 saturated heterocycles. The lowest BCUT2D eigenvalue weighted by Crippen LogP contribution is -3.00. The molecule has 0 bridgehead atoms. The van der Waals surface area contributed by atoms with E-state index >= 15 is 0 Å². The zero-order chi connectivity index (χ0) is 14.4. The summed E-state index contributed by atoms with van der Waals surface area (Å²) in [6.45, 7) is 9.42. The summed E-state index contributed by atoms with van der Waals surface area (Å²) in [5, 5.41) is 0. The molecule has 0 atom stereocenters. The Kier molecular flexibility index (Phi) is 19.4. The van der Waals surface area contributed by atoms with Gasteiger partial charge in [0.1, 0.15) is 0 Å². The average molecular weight is 414 g/mol. The maximum absolute atomic E-state index is 2.37. The molecule has 2 heteroatoms. The van der Waals surface area contributed by atoms with E-state index in [1.165, 1.54) is 64.2 Å². The van der Waals surface area contributed by atoms with Crippen molar-refractivity contribution in [3.8, 4) is 0 Å². The van der Waals surface area contributed by atoms with Crippen molar-refractivity contribution in [2.24, 2.45) is 0 Å². The van der Waals surface area contributed by atoms with Gasteiger partial charge in [0.15, 0.2) is 0 Å². The maximum Gasteiger partial charge on any atom is 0.0594 e. The smallest absolute Gasteiger partial charge is 0.0594 e. The van der Waals surface area contributed by atoms with Gasteiger partial charge in [-0.05, 0) is 25.7 Å². The van der Waals surface area contributed by atoms with Gasteiger partial charge in [0.2, 0.25) is 0 Å². The van der Waals surface area contributed by atoms with Gasteiger partial charge in [0, 0.05) is 7.26 Å². The van der Waals surface area contributed by atoms with Crippen LogP contribution in [0.5, 0.6) is 0 Å². The second-order valence-electron chi connectivity index (χ2n) is 6.36. The monoisotopic (exact) mass is 414 g/mol. The van der Waals surface area contributed by atoms with E-state index in [2.05, 4.69) is 27.7 Å². The second kappa shape index (κ2) is 16.5. The van der Waals surface area contributed by atoms with Crippen LogP contribution in [0.15, 0.2) is 0 Å². The normalized spacial score (nSPS) is 11.4. The van der Waals surface area contributed by atoms with E-state index in [9.17, 15) is 0 Å². The SMILES string of the molecule is CCCCC[P+](CCCC)(CCCC)CCCCC.[I-]. The molecule has 0 unspecified atom stereocenters. The van der Waals surface area contributed by atoms with Crippen LogP contribution in [0.3, 0.4) is 0 Å². The molecule has 0 fully saturated rings. The van der Waals surface area contributed by atoms with Crippen molar-refractivity contribution in [1.29, 1.82) is 0 Å². The van der Waals surface area contributed by atoms with E-state index in [4.69, 9.17) is 0 Å². The van der Waals surface area contributed by atoms with Gasteiger partial charge in [-0.1, -0.05) is 66.2 Å². The highest BCUT2D eigenvalue weighted by Crippen LogP contribution is 2.61. The fourth-order valence-electron chi connectivity index (χ4n) is 3.05. The predicted molar refractivity (Wildman–Crippen MR) is 95.3 cm³/mol. The molecule has 0 heterocycles. The van der Waals surface area contributed by atoms with Crippen LogP contribution < -0.4 is 24.0 Å². The molecule has 0 aliphatic rings. The van der Waals surface area contributed by atoms with Gasteiger partial charge in [0.25, 0.3) is 0 Å². The minimum absolute atomic E-state index is 0. The minimum atomic E-state index is -0.589. The lowest BCUT2D eigenvalue weighted by atomic mass is 10.3. The average Bonchev–Trinajstić information content (AvgIpc) is 2.43. The number of hydrogen-bond acceptors (Lipinski definition) is 0. The highest BCUT2D eigenvalue weighted by molar-refractivity contribution is 7.75. The van der Waals surface area contributed by atoms with E-state index < -0.39 is 7.26 Å². The number of halogens is 1. The molecular weight excluding hydrogens is 374 g/mol. The van der Waals surface area contributed by atoms with Gasteiger partial charge in [-0.25, -0.2) is 0 Å². The van der Waals surface area contributed by atoms with Crippen LogP contribution in [0.25, 0.3) is 0 Å². The van der Waals surface area contributed by atoms with Gasteiger partial charge >= 0.3 is 0 Å². The Bertz CT molecular complexity index is 162. The van der Waals surface area contributed by atoms with Gasteiger partial charge in [-0.15, -0.1) is 0 Å². The van der Waals surface area contributed by atoms with Gasteiger partial charge in [0.05, 0.1) is 24.6 Å². The Morgan fingerprint density at radius 2 is 0.750 bits per heavy atom. The quantitative estimate of drug-likeness (QED) is 0.229. The Hall–Kier alpha value is 1.16. The first-order valence-electron chi connectivity index (χ1n) is 9.09. The van der Waals surface area contributed by atoms with Crippen molar-refractivity contribution in [1.82, 2.24) is 0 Å². The van der Waals surface area contributed by atoms with E-state index in [-0.39, 0.29) is 24.0 Å². The fraction of sp³-hybridized carbons (Fsp3) is 1.00. The summed E-state index contributed by atoms with van der Waals surface area (Å²) >= 11 is 0. The van der Waals surface area contributed by atoms with Gasteiger partial charge in [-0.3, -0.25) is 0 Å². The van der Waals surface area contributed by atoms with Crippen LogP contribution in [0.4, 0.5) is 0 Å². The largest absolute Gasteiger partial charge is 1.00 e. The van der Waals surface area contributed by atoms with Crippen molar-refractivity contribution >= 4 is 7.26 Å². The molecule has 0 spiro atoms. The molecular formula is C18H40IP. The van der Waals surface area contributed by atoms with E-state index in [0.717, 1.165) is 0 Å². The molecule has 0 aliphatic heterocycles. The van der Waals surface area contributed by atoms with E-state index in [1.54, 1.807) is 24.6 Å². The first kappa shape index (κ1) is 23.4. The zero-order valence-electron chi connectivity index (χ0n) is 14.7. The predicted octanol–water partition coefficient (Wildman–Crippen LogP) is 3.99. The fourth-order valence-corrected chi connectivity index (χ4v) is 8.16. The molecule has 0 N–H and O–H groups in total. The Morgan fingerprint density at radius 3 is 1.05 bits per heavy atom. The van der Waals surface area contributed by atoms with Crippen LogP contribution in [0.2, 0.25) is 0 Å². The van der Waals surface area contributed by atoms with Crippen molar-refractivity contribution in [2.75, 3.05) is 24.6 Å². The summed E-state index contributed by atoms with van der Waals surface area (Å²) in [6, 6.07) is 0. The highest BCUT2D eigenvalue weighted by atomic mass is 127. The number of rotatable bonds is 14. The van der Waals surface area contributed by atoms with Crippen LogP contribution in [-0.4, -0.2) is 24.6 Å². The van der Waals surface area contributed by atoms with Crippen molar-refractivity contribution in [3.63, 3.8) is 0 Å². The van der Waals surface area contributed by atoms with E-state index in [0.29, 0.717) is 0 Å². The molecule has 0 amide bonds. The molecule has 0 saturated carbocycles. The summed E-state index contributed by atoms with van der Waals surface area (Å²) in [4.78, 5) is 0. The lowest BCUT2D eigenvalue weighted by Gasteiger charge is -2.28. The highest BCUT2D eigenvalue weighted by Gasteiger charge is 2.34. The Labute approximate surface area is 147 Å². The first-order chi connectivity index (χ1) is 9.24. The summed E-state index contributed by atoms with van der Waals surface area (Å²) in [5.41, 5.74) is 0. The maximum atomic E-state index is 2.37. The van der Waals surface area contributed by atoms with Crippen LogP contribution in [-0.2, 0) is 0 Å². The Balaban J connectivity index is 0. The Morgan fingerprint density at radius 1 is 0.450 bits per heavy atom. The molecule has 0 nitrogen and oxygen atoms in total. The lowest BCUT2D eigenvalue weighted by molar-refractivity contribution is -0.00000448. The van der Waals surface area contributed by atoms with Crippen molar-refractivity contribution in [2.45, 2.75) is 91.9 Å². The third-order valence-corrected chi connectivity index (χ3v) is 9.50. The number of hydrogen-bond donors (Lipinski definition) is 0. The third kappa shape index (κ3) is 11.8. The molecule has 0 aromatic heterocycles. The van der Waals surface area contributed by atoms with E-state index in [1.807, 2.05) is 0 Å². The van der Waals surface area contributed by atoms with Gasteiger partial charge in [-0.2, -0.15) is 0 Å². The van der Waals surface area contributed by atoms with Crippen molar-refractivity contribution < 1.29 is 24.0 Å². The summed E-state index contributed by atoms with van der Waals surface area (Å²) in [7, 11) is -0.589. The molecule has 20 heavy (non-hydrogen) atoms. The summed E-state index contributed by atoms with van der Waals surface area (Å²) in [5.74, 6) is 0. The van der Waals surface area contributed by atoms with Gasteiger partial charge < -0.3 is 24.0 Å². The van der Waals surface area contributed by atoms with Crippen LogP contribution >= 0.6 is 7.26 Å². The topological polar surface area (TPSA) is 0 Å². The zero-order valence-corrected chi connectivity index (χ0v) is 17.8. The van der Waals surface area contributed by atoms with Crippen molar-refractivity contribution in [3.05, 3.63) is 0 Å². The second-order valence-corrected chi connectivity index (χ2v) is 10.8. The standard InChI is InChI=1S/C18H40P.HI/c1-5-9-13-17-19(15-11-7-3,16-12-8-4)18-14-10-6-2;/h5-18H2,1-4H3;1H/q+1;/p-1. The summed E-state index contributed by atoms with van der Waals surface area (Å²) < 4.78 is 0. The van der Waals surface area contributed by atoms with Crippen LogP contribution in [0, 0.1) is 0 Å². The third-order valence-electron chi connectivity index (χ3n) is 4.44. The molecule has 124 valence electrons. The minimum Gasteiger partial charge on any atom is -1.00 e. The molecule has 0 radical (unpaired) electrons. The van der Waals surface area contributed by atoms with Crippen LogP contribution in [0.1, 0.15) is 91.9 Å². The molecule has 0 rings (SSSR count). The molecule has 0 aromatic rings. The molecule has 0 aliphatic carbocycles. The first-order valence-corrected chi connectivity index (χ1v) is 11.6. The number of unbranched alkanes of at least 4 members (excludes halogenated alkanes) is 6. The molecule has 0 aromatic carbocycles.